The third-order valence-corrected chi connectivity index (χ3v) is 5.95. The quantitative estimate of drug-likeness (QED) is 0.273. The first-order valence-electron chi connectivity index (χ1n) is 10.3. The molecule has 1 atom stereocenters. The van der Waals surface area contributed by atoms with Gasteiger partial charge in [-0.25, -0.2) is 13.6 Å². The summed E-state index contributed by atoms with van der Waals surface area (Å²) in [5.41, 5.74) is 8.42. The lowest BCUT2D eigenvalue weighted by Gasteiger charge is -2.20. The Labute approximate surface area is 189 Å². The highest BCUT2D eigenvalue weighted by Crippen LogP contribution is 2.27. The standard InChI is InChI=1S/C24H28N4O3S/c1-2-6-21(31-20-8-5-7-18(15-20)24(25)26)16-28-19-13-11-17(12-14-19)22-9-3-4-10-23(22)32(27,29)30/h3-5,7-15,21,28H,2,6,16H2,1H3,(H3,25,26)(H2,27,29,30). The molecule has 0 aromatic heterocycles. The van der Waals surface area contributed by atoms with Gasteiger partial charge >= 0.3 is 0 Å². The van der Waals surface area contributed by atoms with Crippen LogP contribution in [0.4, 0.5) is 5.69 Å². The average molecular weight is 453 g/mol. The van der Waals surface area contributed by atoms with Crippen molar-refractivity contribution in [2.24, 2.45) is 10.9 Å². The molecule has 0 aliphatic rings. The van der Waals surface area contributed by atoms with Crippen molar-refractivity contribution in [3.05, 3.63) is 78.4 Å². The van der Waals surface area contributed by atoms with Crippen LogP contribution in [-0.2, 0) is 10.0 Å². The van der Waals surface area contributed by atoms with E-state index in [1.807, 2.05) is 36.4 Å². The van der Waals surface area contributed by atoms with Crippen LogP contribution in [-0.4, -0.2) is 26.9 Å². The minimum Gasteiger partial charge on any atom is -0.489 e. The molecule has 0 heterocycles. The maximum atomic E-state index is 11.9. The highest BCUT2D eigenvalue weighted by Gasteiger charge is 2.15. The van der Waals surface area contributed by atoms with Crippen LogP contribution in [0.5, 0.6) is 5.75 Å². The summed E-state index contributed by atoms with van der Waals surface area (Å²) in [4.78, 5) is 0.102. The Kier molecular flexibility index (Phi) is 7.50. The Hall–Kier alpha value is -3.36. The Morgan fingerprint density at radius 3 is 2.44 bits per heavy atom. The van der Waals surface area contributed by atoms with E-state index < -0.39 is 10.0 Å². The van der Waals surface area contributed by atoms with Crippen LogP contribution in [0.1, 0.15) is 25.3 Å². The summed E-state index contributed by atoms with van der Waals surface area (Å²) in [6.07, 6.45) is 1.75. The zero-order valence-corrected chi connectivity index (χ0v) is 18.7. The fourth-order valence-electron chi connectivity index (χ4n) is 3.41. The number of hydrogen-bond donors (Lipinski definition) is 4. The lowest BCUT2D eigenvalue weighted by Crippen LogP contribution is -2.26. The summed E-state index contributed by atoms with van der Waals surface area (Å²) in [7, 11) is -3.81. The van der Waals surface area contributed by atoms with Crippen molar-refractivity contribution < 1.29 is 13.2 Å². The van der Waals surface area contributed by atoms with E-state index in [2.05, 4.69) is 12.2 Å². The van der Waals surface area contributed by atoms with Crippen LogP contribution in [0.25, 0.3) is 11.1 Å². The van der Waals surface area contributed by atoms with Gasteiger partial charge in [-0.1, -0.05) is 55.8 Å². The summed E-state index contributed by atoms with van der Waals surface area (Å²) in [6, 6.07) is 21.4. The Morgan fingerprint density at radius 1 is 1.06 bits per heavy atom. The number of amidine groups is 1. The maximum absolute atomic E-state index is 11.9. The fraction of sp³-hybridized carbons (Fsp3) is 0.208. The predicted octanol–water partition coefficient (Wildman–Crippen LogP) is 3.94. The number of nitrogen functional groups attached to an aromatic ring is 1. The minimum atomic E-state index is -3.81. The van der Waals surface area contributed by atoms with Crippen LogP contribution in [0.3, 0.4) is 0 Å². The van der Waals surface area contributed by atoms with E-state index in [1.165, 1.54) is 6.07 Å². The van der Waals surface area contributed by atoms with Crippen LogP contribution in [0.2, 0.25) is 0 Å². The zero-order chi connectivity index (χ0) is 23.1. The van der Waals surface area contributed by atoms with E-state index in [0.717, 1.165) is 24.1 Å². The average Bonchev–Trinajstić information content (AvgIpc) is 2.77. The molecule has 3 rings (SSSR count). The molecule has 7 nitrogen and oxygen atoms in total. The molecule has 3 aromatic rings. The van der Waals surface area contributed by atoms with E-state index in [9.17, 15) is 8.42 Å². The van der Waals surface area contributed by atoms with Gasteiger partial charge in [-0.3, -0.25) is 5.41 Å². The SMILES string of the molecule is CCCC(CNc1ccc(-c2ccccc2S(N)(=O)=O)cc1)Oc1cccc(C(=N)N)c1. The summed E-state index contributed by atoms with van der Waals surface area (Å²) < 4.78 is 29.9. The summed E-state index contributed by atoms with van der Waals surface area (Å²) in [5, 5.41) is 16.3. The molecule has 0 aliphatic heterocycles. The van der Waals surface area contributed by atoms with Crippen molar-refractivity contribution in [3.63, 3.8) is 0 Å². The molecule has 0 saturated heterocycles. The number of sulfonamides is 1. The topological polar surface area (TPSA) is 131 Å². The van der Waals surface area contributed by atoms with E-state index in [1.54, 1.807) is 30.3 Å². The van der Waals surface area contributed by atoms with Crippen molar-refractivity contribution in [1.29, 1.82) is 5.41 Å². The van der Waals surface area contributed by atoms with Crippen molar-refractivity contribution in [3.8, 4) is 16.9 Å². The predicted molar refractivity (Wildman–Crippen MR) is 129 cm³/mol. The molecule has 1 unspecified atom stereocenters. The van der Waals surface area contributed by atoms with Gasteiger partial charge in [-0.2, -0.15) is 0 Å². The molecular weight excluding hydrogens is 424 g/mol. The first-order valence-corrected chi connectivity index (χ1v) is 11.9. The highest BCUT2D eigenvalue weighted by molar-refractivity contribution is 7.89. The first kappa shape index (κ1) is 23.3. The van der Waals surface area contributed by atoms with Gasteiger partial charge in [0.2, 0.25) is 10.0 Å². The number of primary sulfonamides is 1. The lowest BCUT2D eigenvalue weighted by atomic mass is 10.1. The molecular formula is C24H28N4O3S. The number of ether oxygens (including phenoxy) is 1. The molecule has 0 saturated carbocycles. The number of rotatable bonds is 10. The molecule has 0 amide bonds. The third kappa shape index (κ3) is 6.09. The van der Waals surface area contributed by atoms with E-state index in [-0.39, 0.29) is 16.8 Å². The molecule has 3 aromatic carbocycles. The molecule has 8 heteroatoms. The molecule has 168 valence electrons. The molecule has 0 spiro atoms. The smallest absolute Gasteiger partial charge is 0.238 e. The second-order valence-electron chi connectivity index (χ2n) is 7.47. The van der Waals surface area contributed by atoms with Crippen LogP contribution < -0.4 is 20.9 Å². The van der Waals surface area contributed by atoms with Gasteiger partial charge in [0.15, 0.2) is 0 Å². The van der Waals surface area contributed by atoms with Gasteiger partial charge in [0.05, 0.1) is 11.4 Å². The maximum Gasteiger partial charge on any atom is 0.238 e. The summed E-state index contributed by atoms with van der Waals surface area (Å²) in [5.74, 6) is 0.678. The van der Waals surface area contributed by atoms with Crippen molar-refractivity contribution >= 4 is 21.5 Å². The molecule has 0 aliphatic carbocycles. The van der Waals surface area contributed by atoms with Gasteiger partial charge in [0.1, 0.15) is 17.7 Å². The molecule has 0 bridgehead atoms. The minimum absolute atomic E-state index is 0.00437. The van der Waals surface area contributed by atoms with Crippen molar-refractivity contribution in [1.82, 2.24) is 0 Å². The normalized spacial score (nSPS) is 12.2. The van der Waals surface area contributed by atoms with Crippen molar-refractivity contribution in [2.45, 2.75) is 30.8 Å². The highest BCUT2D eigenvalue weighted by atomic mass is 32.2. The number of anilines is 1. The number of hydrogen-bond acceptors (Lipinski definition) is 5. The number of nitrogens with two attached hydrogens (primary N) is 2. The van der Waals surface area contributed by atoms with Gasteiger partial charge in [0, 0.05) is 16.8 Å². The Balaban J connectivity index is 1.70. The van der Waals surface area contributed by atoms with E-state index in [4.69, 9.17) is 21.0 Å². The second-order valence-corrected chi connectivity index (χ2v) is 9.00. The van der Waals surface area contributed by atoms with Crippen LogP contribution in [0.15, 0.2) is 77.7 Å². The van der Waals surface area contributed by atoms with Gasteiger partial charge < -0.3 is 15.8 Å². The van der Waals surface area contributed by atoms with Crippen LogP contribution >= 0.6 is 0 Å². The van der Waals surface area contributed by atoms with Gasteiger partial charge in [-0.05, 0) is 42.3 Å². The largest absolute Gasteiger partial charge is 0.489 e. The number of benzene rings is 3. The summed E-state index contributed by atoms with van der Waals surface area (Å²) >= 11 is 0. The summed E-state index contributed by atoms with van der Waals surface area (Å²) in [6.45, 7) is 2.69. The fourth-order valence-corrected chi connectivity index (χ4v) is 4.17. The number of nitrogens with one attached hydrogen (secondary N) is 2. The molecule has 32 heavy (non-hydrogen) atoms. The van der Waals surface area contributed by atoms with E-state index >= 15 is 0 Å². The van der Waals surface area contributed by atoms with E-state index in [0.29, 0.717) is 23.4 Å². The zero-order valence-electron chi connectivity index (χ0n) is 17.9. The van der Waals surface area contributed by atoms with Crippen LogP contribution in [0, 0.1) is 5.41 Å². The monoisotopic (exact) mass is 452 g/mol. The van der Waals surface area contributed by atoms with Gasteiger partial charge in [-0.15, -0.1) is 0 Å². The van der Waals surface area contributed by atoms with Gasteiger partial charge in [0.25, 0.3) is 0 Å². The first-order chi connectivity index (χ1) is 15.3. The second kappa shape index (κ2) is 10.3. The molecule has 0 radical (unpaired) electrons. The Bertz CT molecular complexity index is 1180. The molecule has 6 N–H and O–H groups in total. The molecule has 0 fully saturated rings. The lowest BCUT2D eigenvalue weighted by molar-refractivity contribution is 0.202. The third-order valence-electron chi connectivity index (χ3n) is 4.98. The Morgan fingerprint density at radius 2 is 1.78 bits per heavy atom. The van der Waals surface area contributed by atoms with Crippen molar-refractivity contribution in [2.75, 3.05) is 11.9 Å².